The zero-order chi connectivity index (χ0) is 20.2. The molecule has 5 heteroatoms. The van der Waals surface area contributed by atoms with E-state index in [1.807, 2.05) is 30.3 Å². The summed E-state index contributed by atoms with van der Waals surface area (Å²) in [6.45, 7) is 4.26. The standard InChI is InChI=1S/C24H23N3O2/c1-3-29-24(28)18-8-10-19(11-9-18)27-23(17-12-14-25-15-13-17)22-16(2)26-21-7-5-4-6-20(21)22/h4-15,23,26-27H,3H2,1-2H3. The second-order valence-corrected chi connectivity index (χ2v) is 6.86. The molecular formula is C24H23N3O2. The molecule has 0 amide bonds. The molecule has 29 heavy (non-hydrogen) atoms. The lowest BCUT2D eigenvalue weighted by atomic mass is 9.96. The second-order valence-electron chi connectivity index (χ2n) is 6.86. The number of benzene rings is 2. The van der Waals surface area contributed by atoms with Crippen molar-refractivity contribution in [1.29, 1.82) is 0 Å². The molecule has 0 saturated heterocycles. The van der Waals surface area contributed by atoms with E-state index >= 15 is 0 Å². The maximum absolute atomic E-state index is 11.9. The molecule has 4 rings (SSSR count). The van der Waals surface area contributed by atoms with Gasteiger partial charge in [0.05, 0.1) is 18.2 Å². The van der Waals surface area contributed by atoms with Crippen LogP contribution in [0.4, 0.5) is 5.69 Å². The second kappa shape index (κ2) is 8.19. The molecule has 2 N–H and O–H groups in total. The zero-order valence-electron chi connectivity index (χ0n) is 16.5. The Labute approximate surface area is 169 Å². The Morgan fingerprint density at radius 2 is 1.79 bits per heavy atom. The first-order valence-corrected chi connectivity index (χ1v) is 9.68. The Balaban J connectivity index is 1.73. The number of hydrogen-bond donors (Lipinski definition) is 2. The van der Waals surface area contributed by atoms with Crippen LogP contribution in [0, 0.1) is 6.92 Å². The molecular weight excluding hydrogens is 362 g/mol. The first-order valence-electron chi connectivity index (χ1n) is 9.68. The number of pyridine rings is 1. The summed E-state index contributed by atoms with van der Waals surface area (Å²) in [5, 5.41) is 4.81. The minimum absolute atomic E-state index is 0.0670. The molecule has 0 fully saturated rings. The Kier molecular flexibility index (Phi) is 5.29. The average molecular weight is 385 g/mol. The number of rotatable bonds is 6. The SMILES string of the molecule is CCOC(=O)c1ccc(NC(c2ccncc2)c2c(C)[nH]c3ccccc23)cc1. The van der Waals surface area contributed by atoms with Crippen molar-refractivity contribution in [3.63, 3.8) is 0 Å². The fraction of sp³-hybridized carbons (Fsp3) is 0.167. The smallest absolute Gasteiger partial charge is 0.338 e. The highest BCUT2D eigenvalue weighted by Crippen LogP contribution is 2.34. The van der Waals surface area contributed by atoms with Gasteiger partial charge < -0.3 is 15.0 Å². The molecule has 2 heterocycles. The van der Waals surface area contributed by atoms with E-state index in [0.717, 1.165) is 22.5 Å². The molecule has 146 valence electrons. The maximum Gasteiger partial charge on any atom is 0.338 e. The number of para-hydroxylation sites is 1. The van der Waals surface area contributed by atoms with Gasteiger partial charge in [0.15, 0.2) is 0 Å². The first-order chi connectivity index (χ1) is 14.2. The van der Waals surface area contributed by atoms with Gasteiger partial charge in [0.2, 0.25) is 0 Å². The number of fused-ring (bicyclic) bond motifs is 1. The van der Waals surface area contributed by atoms with Crippen LogP contribution in [0.15, 0.2) is 73.1 Å². The molecule has 0 aliphatic heterocycles. The van der Waals surface area contributed by atoms with E-state index in [-0.39, 0.29) is 12.0 Å². The molecule has 0 radical (unpaired) electrons. The lowest BCUT2D eigenvalue weighted by Gasteiger charge is -2.21. The fourth-order valence-corrected chi connectivity index (χ4v) is 3.63. The number of aryl methyl sites for hydroxylation is 1. The molecule has 0 spiro atoms. The Morgan fingerprint density at radius 3 is 2.52 bits per heavy atom. The molecule has 4 aromatic rings. The molecule has 0 aliphatic carbocycles. The van der Waals surface area contributed by atoms with Crippen molar-refractivity contribution in [2.24, 2.45) is 0 Å². The predicted molar refractivity (Wildman–Crippen MR) is 115 cm³/mol. The number of H-pyrrole nitrogens is 1. The van der Waals surface area contributed by atoms with Crippen LogP contribution in [0.5, 0.6) is 0 Å². The Hall–Kier alpha value is -3.60. The number of ether oxygens (including phenoxy) is 1. The van der Waals surface area contributed by atoms with E-state index in [0.29, 0.717) is 12.2 Å². The predicted octanol–water partition coefficient (Wildman–Crippen LogP) is 5.25. The number of esters is 1. The summed E-state index contributed by atoms with van der Waals surface area (Å²) < 4.78 is 5.07. The lowest BCUT2D eigenvalue weighted by molar-refractivity contribution is 0.0526. The minimum atomic E-state index is -0.308. The summed E-state index contributed by atoms with van der Waals surface area (Å²) >= 11 is 0. The van der Waals surface area contributed by atoms with Crippen LogP contribution in [-0.2, 0) is 4.74 Å². The van der Waals surface area contributed by atoms with Crippen molar-refractivity contribution in [2.75, 3.05) is 11.9 Å². The summed E-state index contributed by atoms with van der Waals surface area (Å²) in [4.78, 5) is 19.6. The van der Waals surface area contributed by atoms with E-state index in [1.165, 1.54) is 10.9 Å². The molecule has 0 bridgehead atoms. The number of anilines is 1. The van der Waals surface area contributed by atoms with Crippen molar-refractivity contribution in [3.8, 4) is 0 Å². The third-order valence-electron chi connectivity index (χ3n) is 4.98. The highest BCUT2D eigenvalue weighted by Gasteiger charge is 2.21. The lowest BCUT2D eigenvalue weighted by Crippen LogP contribution is -2.13. The number of nitrogens with zero attached hydrogens (tertiary/aromatic N) is 1. The Morgan fingerprint density at radius 1 is 1.07 bits per heavy atom. The van der Waals surface area contributed by atoms with E-state index in [2.05, 4.69) is 40.4 Å². The van der Waals surface area contributed by atoms with Gasteiger partial charge in [0, 0.05) is 40.2 Å². The van der Waals surface area contributed by atoms with Crippen molar-refractivity contribution in [2.45, 2.75) is 19.9 Å². The van der Waals surface area contributed by atoms with Gasteiger partial charge in [-0.05, 0) is 61.9 Å². The summed E-state index contributed by atoms with van der Waals surface area (Å²) in [5.74, 6) is -0.308. The van der Waals surface area contributed by atoms with Gasteiger partial charge in [-0.2, -0.15) is 0 Å². The normalized spacial score (nSPS) is 11.9. The number of hydrogen-bond acceptors (Lipinski definition) is 4. The summed E-state index contributed by atoms with van der Waals surface area (Å²) in [6.07, 6.45) is 3.61. The van der Waals surface area contributed by atoms with Gasteiger partial charge in [-0.25, -0.2) is 4.79 Å². The van der Waals surface area contributed by atoms with Gasteiger partial charge >= 0.3 is 5.97 Å². The van der Waals surface area contributed by atoms with Gasteiger partial charge in [-0.3, -0.25) is 4.98 Å². The van der Waals surface area contributed by atoms with E-state index in [1.54, 1.807) is 31.5 Å². The zero-order valence-corrected chi connectivity index (χ0v) is 16.5. The average Bonchev–Trinajstić information content (AvgIpc) is 3.09. The monoisotopic (exact) mass is 385 g/mol. The molecule has 1 unspecified atom stereocenters. The largest absolute Gasteiger partial charge is 0.462 e. The number of aromatic amines is 1. The minimum Gasteiger partial charge on any atom is -0.462 e. The summed E-state index contributed by atoms with van der Waals surface area (Å²) in [6, 6.07) is 19.7. The number of carbonyl (C=O) groups excluding carboxylic acids is 1. The van der Waals surface area contributed by atoms with E-state index in [9.17, 15) is 4.79 Å². The van der Waals surface area contributed by atoms with Crippen LogP contribution in [0.25, 0.3) is 10.9 Å². The number of aromatic nitrogens is 2. The fourth-order valence-electron chi connectivity index (χ4n) is 3.63. The van der Waals surface area contributed by atoms with Crippen LogP contribution in [0.3, 0.4) is 0 Å². The first kappa shape index (κ1) is 18.7. The van der Waals surface area contributed by atoms with Crippen LogP contribution in [0.2, 0.25) is 0 Å². The van der Waals surface area contributed by atoms with Crippen LogP contribution in [0.1, 0.15) is 40.1 Å². The highest BCUT2D eigenvalue weighted by atomic mass is 16.5. The highest BCUT2D eigenvalue weighted by molar-refractivity contribution is 5.90. The molecule has 0 aliphatic rings. The van der Waals surface area contributed by atoms with Crippen LogP contribution >= 0.6 is 0 Å². The van der Waals surface area contributed by atoms with Gasteiger partial charge in [0.25, 0.3) is 0 Å². The van der Waals surface area contributed by atoms with Crippen molar-refractivity contribution < 1.29 is 9.53 Å². The van der Waals surface area contributed by atoms with E-state index in [4.69, 9.17) is 4.74 Å². The van der Waals surface area contributed by atoms with Gasteiger partial charge in [-0.15, -0.1) is 0 Å². The van der Waals surface area contributed by atoms with Crippen molar-refractivity contribution in [1.82, 2.24) is 9.97 Å². The third-order valence-corrected chi connectivity index (χ3v) is 4.98. The molecule has 2 aromatic heterocycles. The van der Waals surface area contributed by atoms with Crippen LogP contribution in [-0.4, -0.2) is 22.5 Å². The van der Waals surface area contributed by atoms with Gasteiger partial charge in [-0.1, -0.05) is 18.2 Å². The van der Waals surface area contributed by atoms with Crippen molar-refractivity contribution in [3.05, 3.63) is 95.4 Å². The molecule has 1 atom stereocenters. The molecule has 2 aromatic carbocycles. The number of nitrogens with one attached hydrogen (secondary N) is 2. The maximum atomic E-state index is 11.9. The quantitative estimate of drug-likeness (QED) is 0.445. The topological polar surface area (TPSA) is 67.0 Å². The van der Waals surface area contributed by atoms with Crippen molar-refractivity contribution >= 4 is 22.6 Å². The summed E-state index contributed by atoms with van der Waals surface area (Å²) in [7, 11) is 0. The number of carbonyl (C=O) groups is 1. The van der Waals surface area contributed by atoms with Crippen LogP contribution < -0.4 is 5.32 Å². The Bertz CT molecular complexity index is 1120. The summed E-state index contributed by atoms with van der Waals surface area (Å²) in [5.41, 5.74) is 6.00. The molecule has 5 nitrogen and oxygen atoms in total. The van der Waals surface area contributed by atoms with Gasteiger partial charge in [0.1, 0.15) is 0 Å². The third kappa shape index (κ3) is 3.85. The van der Waals surface area contributed by atoms with E-state index < -0.39 is 0 Å². The molecule has 0 saturated carbocycles.